The minimum absolute atomic E-state index is 0.0276. The van der Waals surface area contributed by atoms with Gasteiger partial charge in [-0.25, -0.2) is 0 Å². The molecule has 5 atom stereocenters. The fourth-order valence-electron chi connectivity index (χ4n) is 2.51. The molecule has 0 aromatic heterocycles. The van der Waals surface area contributed by atoms with E-state index in [1.807, 2.05) is 0 Å². The summed E-state index contributed by atoms with van der Waals surface area (Å²) in [7, 11) is 1.34. The number of phenols is 1. The number of hydrogen-bond acceptors (Lipinski definition) is 8. The van der Waals surface area contributed by atoms with E-state index in [0.29, 0.717) is 12.0 Å². The Hall–Kier alpha value is -1.84. The van der Waals surface area contributed by atoms with Crippen LogP contribution in [-0.2, 0) is 11.2 Å². The van der Waals surface area contributed by atoms with E-state index < -0.39 is 37.3 Å². The molecule has 1 aromatic carbocycles. The maximum Gasteiger partial charge on any atom is 0.229 e. The van der Waals surface area contributed by atoms with Gasteiger partial charge in [0.25, 0.3) is 0 Å². The lowest BCUT2D eigenvalue weighted by Gasteiger charge is -2.39. The third-order valence-electron chi connectivity index (χ3n) is 3.77. The molecule has 5 N–H and O–H groups in total. The third kappa shape index (κ3) is 3.63. The van der Waals surface area contributed by atoms with E-state index in [2.05, 4.69) is 6.58 Å². The largest absolute Gasteiger partial charge is 0.504 e. The number of phenolic OH excluding ortho intramolecular Hbond substituents is 1. The first-order chi connectivity index (χ1) is 11.4. The van der Waals surface area contributed by atoms with Crippen LogP contribution in [0.5, 0.6) is 17.2 Å². The Labute approximate surface area is 139 Å². The number of allylic oxidation sites excluding steroid dienone is 1. The zero-order valence-electron chi connectivity index (χ0n) is 13.2. The van der Waals surface area contributed by atoms with Crippen LogP contribution in [0.1, 0.15) is 5.56 Å². The quantitative estimate of drug-likeness (QED) is 0.430. The van der Waals surface area contributed by atoms with Gasteiger partial charge < -0.3 is 39.7 Å². The summed E-state index contributed by atoms with van der Waals surface area (Å²) in [5, 5.41) is 48.8. The van der Waals surface area contributed by atoms with Crippen molar-refractivity contribution in [1.82, 2.24) is 0 Å². The molecule has 0 unspecified atom stereocenters. The standard InChI is InChI=1S/C16H22O8/c1-3-4-8-5-9(18)15(22-2)10(6-8)23-16-14(21)13(20)12(19)11(7-17)24-16/h3,5-6,11-14,16-21H,1,4,7H2,2H3/t11-,12-,13+,14-,16-/m1/s1. The van der Waals surface area contributed by atoms with E-state index in [9.17, 15) is 25.5 Å². The molecule has 0 bridgehead atoms. The Morgan fingerprint density at radius 2 is 1.92 bits per heavy atom. The normalized spacial score (nSPS) is 30.0. The number of methoxy groups -OCH3 is 1. The Morgan fingerprint density at radius 1 is 1.21 bits per heavy atom. The van der Waals surface area contributed by atoms with E-state index in [0.717, 1.165) is 0 Å². The van der Waals surface area contributed by atoms with Crippen LogP contribution in [0.25, 0.3) is 0 Å². The number of aliphatic hydroxyl groups is 4. The first-order valence-electron chi connectivity index (χ1n) is 7.40. The maximum absolute atomic E-state index is 10.0. The highest BCUT2D eigenvalue weighted by Crippen LogP contribution is 2.39. The van der Waals surface area contributed by atoms with Crippen molar-refractivity contribution in [2.45, 2.75) is 37.1 Å². The van der Waals surface area contributed by atoms with Crippen LogP contribution in [0.3, 0.4) is 0 Å². The average molecular weight is 342 g/mol. The van der Waals surface area contributed by atoms with Gasteiger partial charge in [0.05, 0.1) is 13.7 Å². The van der Waals surface area contributed by atoms with Gasteiger partial charge in [-0.2, -0.15) is 0 Å². The molecular weight excluding hydrogens is 320 g/mol. The van der Waals surface area contributed by atoms with Crippen molar-refractivity contribution in [3.05, 3.63) is 30.4 Å². The monoisotopic (exact) mass is 342 g/mol. The Bertz CT molecular complexity index is 573. The van der Waals surface area contributed by atoms with Gasteiger partial charge in [-0.1, -0.05) is 6.08 Å². The van der Waals surface area contributed by atoms with Crippen LogP contribution >= 0.6 is 0 Å². The minimum atomic E-state index is -1.56. The van der Waals surface area contributed by atoms with Gasteiger partial charge in [0, 0.05) is 0 Å². The van der Waals surface area contributed by atoms with E-state index in [4.69, 9.17) is 14.2 Å². The summed E-state index contributed by atoms with van der Waals surface area (Å²) in [5.41, 5.74) is 0.683. The van der Waals surface area contributed by atoms with E-state index in [-0.39, 0.29) is 17.2 Å². The second kappa shape index (κ2) is 7.82. The number of aliphatic hydroxyl groups excluding tert-OH is 4. The fourth-order valence-corrected chi connectivity index (χ4v) is 2.51. The molecule has 1 aliphatic rings. The van der Waals surface area contributed by atoms with Gasteiger partial charge in [-0.15, -0.1) is 6.58 Å². The minimum Gasteiger partial charge on any atom is -0.504 e. The lowest BCUT2D eigenvalue weighted by molar-refractivity contribution is -0.277. The van der Waals surface area contributed by atoms with Crippen molar-refractivity contribution >= 4 is 0 Å². The first kappa shape index (κ1) is 18.5. The zero-order chi connectivity index (χ0) is 17.9. The van der Waals surface area contributed by atoms with Crippen molar-refractivity contribution in [1.29, 1.82) is 0 Å². The van der Waals surface area contributed by atoms with Gasteiger partial charge in [0.2, 0.25) is 12.0 Å². The average Bonchev–Trinajstić information content (AvgIpc) is 2.55. The van der Waals surface area contributed by atoms with Gasteiger partial charge >= 0.3 is 0 Å². The Balaban J connectivity index is 2.30. The molecular formula is C16H22O8. The smallest absolute Gasteiger partial charge is 0.229 e. The van der Waals surface area contributed by atoms with E-state index >= 15 is 0 Å². The van der Waals surface area contributed by atoms with Crippen molar-refractivity contribution in [3.8, 4) is 17.2 Å². The summed E-state index contributed by atoms with van der Waals surface area (Å²) in [6.07, 6.45) is -4.96. The highest BCUT2D eigenvalue weighted by Gasteiger charge is 2.45. The predicted molar refractivity (Wildman–Crippen MR) is 83.0 cm³/mol. The summed E-state index contributed by atoms with van der Waals surface area (Å²) in [6, 6.07) is 3.06. The van der Waals surface area contributed by atoms with Crippen LogP contribution in [-0.4, -0.2) is 70.0 Å². The lowest BCUT2D eigenvalue weighted by Crippen LogP contribution is -2.60. The molecule has 0 amide bonds. The summed E-state index contributed by atoms with van der Waals surface area (Å²) in [6.45, 7) is 3.05. The fraction of sp³-hybridized carbons (Fsp3) is 0.500. The van der Waals surface area contributed by atoms with Gasteiger partial charge in [0.1, 0.15) is 24.4 Å². The van der Waals surface area contributed by atoms with Gasteiger partial charge in [-0.05, 0) is 24.1 Å². The topological polar surface area (TPSA) is 129 Å². The summed E-state index contributed by atoms with van der Waals surface area (Å²) in [4.78, 5) is 0. The molecule has 8 heteroatoms. The predicted octanol–water partition coefficient (Wildman–Crippen LogP) is -0.692. The summed E-state index contributed by atoms with van der Waals surface area (Å²) >= 11 is 0. The van der Waals surface area contributed by atoms with Gasteiger partial charge in [0.15, 0.2) is 11.5 Å². The molecule has 1 aliphatic heterocycles. The highest BCUT2D eigenvalue weighted by molar-refractivity contribution is 5.53. The van der Waals surface area contributed by atoms with Crippen LogP contribution in [0.4, 0.5) is 0 Å². The molecule has 0 spiro atoms. The first-order valence-corrected chi connectivity index (χ1v) is 7.40. The number of benzene rings is 1. The number of aromatic hydroxyl groups is 1. The van der Waals surface area contributed by atoms with Crippen LogP contribution in [0.15, 0.2) is 24.8 Å². The van der Waals surface area contributed by atoms with Crippen LogP contribution in [0, 0.1) is 0 Å². The molecule has 1 heterocycles. The SMILES string of the molecule is C=CCc1cc(O)c(OC)c(O[C@@H]2O[C@H](CO)[C@@H](O)[C@H](O)[C@H]2O)c1. The second-order valence-corrected chi connectivity index (χ2v) is 5.45. The molecule has 2 rings (SSSR count). The maximum atomic E-state index is 10.0. The Kier molecular flexibility index (Phi) is 6.03. The molecule has 8 nitrogen and oxygen atoms in total. The van der Waals surface area contributed by atoms with Crippen LogP contribution < -0.4 is 9.47 Å². The zero-order valence-corrected chi connectivity index (χ0v) is 13.2. The van der Waals surface area contributed by atoms with Crippen molar-refractivity contribution in [2.75, 3.05) is 13.7 Å². The lowest BCUT2D eigenvalue weighted by atomic mass is 9.99. The highest BCUT2D eigenvalue weighted by atomic mass is 16.7. The van der Waals surface area contributed by atoms with E-state index in [1.165, 1.54) is 13.2 Å². The molecule has 0 radical (unpaired) electrons. The molecule has 1 aromatic rings. The molecule has 0 aliphatic carbocycles. The van der Waals surface area contributed by atoms with E-state index in [1.54, 1.807) is 12.1 Å². The van der Waals surface area contributed by atoms with Crippen molar-refractivity contribution in [2.24, 2.45) is 0 Å². The Morgan fingerprint density at radius 3 is 2.50 bits per heavy atom. The third-order valence-corrected chi connectivity index (χ3v) is 3.77. The van der Waals surface area contributed by atoms with Crippen LogP contribution in [0.2, 0.25) is 0 Å². The second-order valence-electron chi connectivity index (χ2n) is 5.45. The number of ether oxygens (including phenoxy) is 3. The van der Waals surface area contributed by atoms with Gasteiger partial charge in [-0.3, -0.25) is 0 Å². The molecule has 24 heavy (non-hydrogen) atoms. The van der Waals surface area contributed by atoms with Crippen molar-refractivity contribution in [3.63, 3.8) is 0 Å². The molecule has 134 valence electrons. The van der Waals surface area contributed by atoms with Crippen molar-refractivity contribution < 1.29 is 39.7 Å². The molecule has 1 fully saturated rings. The number of rotatable bonds is 6. The molecule has 1 saturated heterocycles. The number of hydrogen-bond donors (Lipinski definition) is 5. The molecule has 0 saturated carbocycles. The summed E-state index contributed by atoms with van der Waals surface area (Å²) < 4.78 is 15.9. The summed E-state index contributed by atoms with van der Waals surface area (Å²) in [5.74, 6) is -0.0603.